The Morgan fingerprint density at radius 2 is 2.12 bits per heavy atom. The highest BCUT2D eigenvalue weighted by Crippen LogP contribution is 2.36. The Kier molecular flexibility index (Phi) is 3.34. The van der Waals surface area contributed by atoms with E-state index in [9.17, 15) is 4.79 Å². The second kappa shape index (κ2) is 4.48. The van der Waals surface area contributed by atoms with Crippen molar-refractivity contribution in [2.75, 3.05) is 13.2 Å². The summed E-state index contributed by atoms with van der Waals surface area (Å²) in [6, 6.07) is 3.02. The van der Waals surface area contributed by atoms with Gasteiger partial charge in [-0.05, 0) is 24.1 Å². The average molecular weight is 275 g/mol. The maximum Gasteiger partial charge on any atom is 0.336 e. The minimum atomic E-state index is -1.01. The molecule has 1 aromatic carbocycles. The number of hydrogen-bond acceptors (Lipinski definition) is 2. The van der Waals surface area contributed by atoms with Crippen molar-refractivity contribution >= 4 is 29.2 Å². The molecule has 2 rings (SSSR count). The minimum Gasteiger partial charge on any atom is -0.478 e. The zero-order valence-electron chi connectivity index (χ0n) is 9.30. The summed E-state index contributed by atoms with van der Waals surface area (Å²) in [6.45, 7) is 3.31. The number of aromatic carboxylic acids is 1. The van der Waals surface area contributed by atoms with E-state index in [4.69, 9.17) is 33.0 Å². The van der Waals surface area contributed by atoms with Gasteiger partial charge in [-0.3, -0.25) is 0 Å². The van der Waals surface area contributed by atoms with Gasteiger partial charge in [0.1, 0.15) is 0 Å². The molecule has 3 nitrogen and oxygen atoms in total. The zero-order chi connectivity index (χ0) is 12.6. The maximum absolute atomic E-state index is 11.2. The number of rotatable bonds is 3. The van der Waals surface area contributed by atoms with Gasteiger partial charge in [0, 0.05) is 15.5 Å². The summed E-state index contributed by atoms with van der Waals surface area (Å²) in [5.41, 5.74) is 0.784. The van der Waals surface area contributed by atoms with Gasteiger partial charge in [-0.15, -0.1) is 0 Å². The van der Waals surface area contributed by atoms with E-state index >= 15 is 0 Å². The van der Waals surface area contributed by atoms with Crippen LogP contribution in [-0.2, 0) is 11.2 Å². The third kappa shape index (κ3) is 2.57. The van der Waals surface area contributed by atoms with Crippen LogP contribution in [0.15, 0.2) is 12.1 Å². The van der Waals surface area contributed by atoms with E-state index in [-0.39, 0.29) is 11.0 Å². The average Bonchev–Trinajstić information content (AvgIpc) is 2.18. The molecule has 1 fully saturated rings. The van der Waals surface area contributed by atoms with Gasteiger partial charge in [-0.25, -0.2) is 4.79 Å². The van der Waals surface area contributed by atoms with Crippen LogP contribution < -0.4 is 0 Å². The smallest absolute Gasteiger partial charge is 0.336 e. The van der Waals surface area contributed by atoms with Crippen molar-refractivity contribution in [1.82, 2.24) is 0 Å². The number of benzene rings is 1. The zero-order valence-corrected chi connectivity index (χ0v) is 10.8. The lowest BCUT2D eigenvalue weighted by Crippen LogP contribution is -2.41. The topological polar surface area (TPSA) is 46.5 Å². The molecule has 1 aliphatic rings. The van der Waals surface area contributed by atoms with Crippen molar-refractivity contribution in [3.63, 3.8) is 0 Å². The van der Waals surface area contributed by atoms with E-state index in [1.54, 1.807) is 6.07 Å². The molecule has 0 amide bonds. The standard InChI is InChI=1S/C12H12Cl2O3/c1-12(5-17-6-12)4-9-8(11(15)16)2-7(13)3-10(9)14/h2-3H,4-6H2,1H3,(H,15,16). The molecule has 1 aliphatic heterocycles. The maximum atomic E-state index is 11.2. The normalized spacial score (nSPS) is 17.6. The fourth-order valence-electron chi connectivity index (χ4n) is 1.95. The Labute approximate surface area is 109 Å². The number of hydrogen-bond donors (Lipinski definition) is 1. The molecule has 0 saturated carbocycles. The predicted octanol–water partition coefficient (Wildman–Crippen LogP) is 3.27. The molecule has 0 bridgehead atoms. The molecule has 0 radical (unpaired) electrons. The van der Waals surface area contributed by atoms with E-state index in [1.807, 2.05) is 6.92 Å². The summed E-state index contributed by atoms with van der Waals surface area (Å²) in [6.07, 6.45) is 0.588. The largest absolute Gasteiger partial charge is 0.478 e. The third-order valence-corrected chi connectivity index (χ3v) is 3.45. The van der Waals surface area contributed by atoms with Crippen LogP contribution in [0.1, 0.15) is 22.8 Å². The van der Waals surface area contributed by atoms with Gasteiger partial charge in [0.15, 0.2) is 0 Å². The number of halogens is 2. The van der Waals surface area contributed by atoms with Gasteiger partial charge in [-0.2, -0.15) is 0 Å². The summed E-state index contributed by atoms with van der Waals surface area (Å²) in [7, 11) is 0. The van der Waals surface area contributed by atoms with Crippen LogP contribution in [0.4, 0.5) is 0 Å². The van der Waals surface area contributed by atoms with Crippen molar-refractivity contribution < 1.29 is 14.6 Å². The van der Waals surface area contributed by atoms with Crippen molar-refractivity contribution in [3.05, 3.63) is 33.3 Å². The fourth-order valence-corrected chi connectivity index (χ4v) is 2.51. The highest BCUT2D eigenvalue weighted by atomic mass is 35.5. The molecule has 0 unspecified atom stereocenters. The Morgan fingerprint density at radius 1 is 1.47 bits per heavy atom. The molecule has 1 heterocycles. The first-order valence-electron chi connectivity index (χ1n) is 5.20. The van der Waals surface area contributed by atoms with E-state index in [0.29, 0.717) is 35.2 Å². The lowest BCUT2D eigenvalue weighted by atomic mass is 9.81. The minimum absolute atomic E-state index is 0.0261. The van der Waals surface area contributed by atoms with Crippen LogP contribution in [-0.4, -0.2) is 24.3 Å². The SMILES string of the molecule is CC1(Cc2c(Cl)cc(Cl)cc2C(=O)O)COC1. The van der Waals surface area contributed by atoms with Crippen molar-refractivity contribution in [1.29, 1.82) is 0 Å². The fraction of sp³-hybridized carbons (Fsp3) is 0.417. The molecule has 5 heteroatoms. The van der Waals surface area contributed by atoms with Crippen LogP contribution in [0.25, 0.3) is 0 Å². The monoisotopic (exact) mass is 274 g/mol. The van der Waals surface area contributed by atoms with E-state index in [0.717, 1.165) is 0 Å². The number of carboxylic acids is 1. The number of carbonyl (C=O) groups is 1. The lowest BCUT2D eigenvalue weighted by Gasteiger charge is -2.38. The first kappa shape index (κ1) is 12.7. The first-order chi connectivity index (χ1) is 7.91. The molecule has 17 heavy (non-hydrogen) atoms. The van der Waals surface area contributed by atoms with Gasteiger partial charge in [0.25, 0.3) is 0 Å². The van der Waals surface area contributed by atoms with Gasteiger partial charge in [0.2, 0.25) is 0 Å². The quantitative estimate of drug-likeness (QED) is 0.920. The van der Waals surface area contributed by atoms with Gasteiger partial charge in [0.05, 0.1) is 18.8 Å². The Morgan fingerprint density at radius 3 is 2.59 bits per heavy atom. The first-order valence-corrected chi connectivity index (χ1v) is 5.96. The summed E-state index contributed by atoms with van der Waals surface area (Å²) >= 11 is 11.9. The molecule has 1 N–H and O–H groups in total. The molecule has 0 spiro atoms. The van der Waals surface area contributed by atoms with Crippen LogP contribution in [0, 0.1) is 5.41 Å². The van der Waals surface area contributed by atoms with Crippen LogP contribution in [0.3, 0.4) is 0 Å². The van der Waals surface area contributed by atoms with Crippen LogP contribution in [0.2, 0.25) is 10.0 Å². The molecule has 0 aliphatic carbocycles. The van der Waals surface area contributed by atoms with Gasteiger partial charge >= 0.3 is 5.97 Å². The molecular formula is C12H12Cl2O3. The molecular weight excluding hydrogens is 263 g/mol. The van der Waals surface area contributed by atoms with Crippen molar-refractivity contribution in [2.45, 2.75) is 13.3 Å². The summed E-state index contributed by atoms with van der Waals surface area (Å²) in [4.78, 5) is 11.2. The highest BCUT2D eigenvalue weighted by Gasteiger charge is 2.35. The van der Waals surface area contributed by atoms with E-state index in [1.165, 1.54) is 6.07 Å². The molecule has 92 valence electrons. The van der Waals surface area contributed by atoms with Crippen molar-refractivity contribution in [3.8, 4) is 0 Å². The van der Waals surface area contributed by atoms with Crippen molar-refractivity contribution in [2.24, 2.45) is 5.41 Å². The van der Waals surface area contributed by atoms with Gasteiger partial charge < -0.3 is 9.84 Å². The lowest BCUT2D eigenvalue weighted by molar-refractivity contribution is -0.100. The second-order valence-corrected chi connectivity index (χ2v) is 5.54. The van der Waals surface area contributed by atoms with Crippen LogP contribution in [0.5, 0.6) is 0 Å². The predicted molar refractivity (Wildman–Crippen MR) is 66.1 cm³/mol. The Hall–Kier alpha value is -0.770. The summed E-state index contributed by atoms with van der Waals surface area (Å²) < 4.78 is 5.16. The molecule has 0 aromatic heterocycles. The third-order valence-electron chi connectivity index (χ3n) is 2.90. The summed E-state index contributed by atoms with van der Waals surface area (Å²) in [5, 5.41) is 9.90. The second-order valence-electron chi connectivity index (χ2n) is 4.70. The Balaban J connectivity index is 2.40. The molecule has 0 atom stereocenters. The van der Waals surface area contributed by atoms with E-state index in [2.05, 4.69) is 0 Å². The molecule has 1 saturated heterocycles. The van der Waals surface area contributed by atoms with Crippen LogP contribution >= 0.6 is 23.2 Å². The molecule has 1 aromatic rings. The highest BCUT2D eigenvalue weighted by molar-refractivity contribution is 6.35. The Bertz CT molecular complexity index is 467. The van der Waals surface area contributed by atoms with Gasteiger partial charge in [-0.1, -0.05) is 30.1 Å². The number of carboxylic acid groups (broad SMARTS) is 1. The van der Waals surface area contributed by atoms with E-state index < -0.39 is 5.97 Å². The summed E-state index contributed by atoms with van der Waals surface area (Å²) in [5.74, 6) is -1.01. The number of ether oxygens (including phenoxy) is 1.